The summed E-state index contributed by atoms with van der Waals surface area (Å²) in [6, 6.07) is 10.7. The minimum absolute atomic E-state index is 0.886. The van der Waals surface area contributed by atoms with Crippen LogP contribution in [0.5, 0.6) is 0 Å². The van der Waals surface area contributed by atoms with Gasteiger partial charge >= 0.3 is 96.8 Å². The largest absolute Gasteiger partial charge is 0.0991 e. The number of allylic oxidation sites excluding steroid dienone is 7. The van der Waals surface area contributed by atoms with Crippen LogP contribution in [0, 0.1) is 0 Å². The first-order valence-corrected chi connectivity index (χ1v) is 10.2. The predicted octanol–water partition coefficient (Wildman–Crippen LogP) is 5.38. The molecule has 0 spiro atoms. The van der Waals surface area contributed by atoms with E-state index in [2.05, 4.69) is 76.1 Å². The van der Waals surface area contributed by atoms with E-state index < -0.39 is 13.9 Å². The molecule has 0 amide bonds. The quantitative estimate of drug-likeness (QED) is 0.459. The van der Waals surface area contributed by atoms with Crippen molar-refractivity contribution in [1.82, 2.24) is 0 Å². The van der Waals surface area contributed by atoms with Crippen LogP contribution < -0.4 is 4.46 Å². The Bertz CT molecular complexity index is 466. The summed E-state index contributed by atoms with van der Waals surface area (Å²) in [5.74, 6) is 0. The number of rotatable bonds is 7. The zero-order chi connectivity index (χ0) is 15.9. The van der Waals surface area contributed by atoms with Gasteiger partial charge in [-0.15, -0.1) is 0 Å². The minimum atomic E-state index is -0.886. The normalized spacial score (nSPS) is 10.9. The second-order valence-electron chi connectivity index (χ2n) is 4.07. The van der Waals surface area contributed by atoms with Crippen LogP contribution in [0.3, 0.4) is 0 Å². The van der Waals surface area contributed by atoms with Gasteiger partial charge in [-0.1, -0.05) is 31.7 Å². The third-order valence-electron chi connectivity index (χ3n) is 2.59. The van der Waals surface area contributed by atoms with Crippen molar-refractivity contribution in [3.8, 4) is 0 Å². The summed E-state index contributed by atoms with van der Waals surface area (Å²) in [5, 5.41) is 1.20. The molecule has 0 unspecified atom stereocenters. The van der Waals surface area contributed by atoms with E-state index in [1.807, 2.05) is 18.2 Å². The molecule has 0 nitrogen and oxygen atoms in total. The van der Waals surface area contributed by atoms with Crippen LogP contribution in [0.25, 0.3) is 0 Å². The van der Waals surface area contributed by atoms with Crippen molar-refractivity contribution in [3.63, 3.8) is 0 Å². The fourth-order valence-corrected chi connectivity index (χ4v) is 5.61. The second kappa shape index (κ2) is 13.4. The summed E-state index contributed by atoms with van der Waals surface area (Å²) in [6.45, 7) is 15.5. The SMILES string of the molecule is C=C/C=C(\C=C)[Se](CC)c1ccccc1.C=C/C=C\CC. The minimum Gasteiger partial charge on any atom is -0.0991 e. The molecule has 0 aromatic heterocycles. The third kappa shape index (κ3) is 8.34. The van der Waals surface area contributed by atoms with Gasteiger partial charge in [-0.05, 0) is 6.42 Å². The first kappa shape index (κ1) is 19.4. The molecule has 0 heterocycles. The van der Waals surface area contributed by atoms with E-state index in [1.54, 1.807) is 6.08 Å². The molecule has 1 aromatic rings. The van der Waals surface area contributed by atoms with E-state index in [-0.39, 0.29) is 0 Å². The molecule has 0 aliphatic heterocycles. The fourth-order valence-electron chi connectivity index (χ4n) is 1.65. The number of hydrogen-bond acceptors (Lipinski definition) is 0. The summed E-state index contributed by atoms with van der Waals surface area (Å²) < 4.78 is 2.83. The standard InChI is InChI=1S/C14H17Se.C6H10/c1-4-10-13(5-2)15(6-3)14-11-8-7-9-12-14;1-3-5-6-4-2/h4-5,7-12H,1-2,6H2,3H3;3,5-6H,1,4H2,2H3/b13-10+;6-5-. The number of hydrogen-bond donors (Lipinski definition) is 0. The molecule has 0 saturated carbocycles. The molecular weight excluding hydrogens is 319 g/mol. The number of benzene rings is 1. The third-order valence-corrected chi connectivity index (χ3v) is 7.40. The molecule has 1 heteroatoms. The molecule has 0 bridgehead atoms. The topological polar surface area (TPSA) is 0 Å². The molecule has 113 valence electrons. The van der Waals surface area contributed by atoms with Crippen molar-refractivity contribution in [3.05, 3.63) is 91.0 Å². The van der Waals surface area contributed by atoms with Crippen molar-refractivity contribution in [1.29, 1.82) is 0 Å². The van der Waals surface area contributed by atoms with Crippen LogP contribution in [0.2, 0.25) is 5.32 Å². The van der Waals surface area contributed by atoms with Crippen LogP contribution in [0.4, 0.5) is 0 Å². The average Bonchev–Trinajstić information content (AvgIpc) is 2.54. The van der Waals surface area contributed by atoms with Crippen molar-refractivity contribution in [2.45, 2.75) is 25.6 Å². The van der Waals surface area contributed by atoms with Gasteiger partial charge in [0.2, 0.25) is 0 Å². The van der Waals surface area contributed by atoms with E-state index in [4.69, 9.17) is 0 Å². The van der Waals surface area contributed by atoms with E-state index in [0.29, 0.717) is 0 Å². The first-order valence-electron chi connectivity index (χ1n) is 7.23. The van der Waals surface area contributed by atoms with Crippen molar-refractivity contribution < 1.29 is 0 Å². The summed E-state index contributed by atoms with van der Waals surface area (Å²) in [4.78, 5) is 0. The molecule has 1 aromatic carbocycles. The molecule has 1 rings (SSSR count). The molecule has 0 aliphatic carbocycles. The summed E-state index contributed by atoms with van der Waals surface area (Å²) >= 11 is -0.886. The van der Waals surface area contributed by atoms with E-state index >= 15 is 0 Å². The van der Waals surface area contributed by atoms with Crippen molar-refractivity contribution >= 4 is 18.4 Å². The Labute approximate surface area is 135 Å². The maximum atomic E-state index is 3.89. The van der Waals surface area contributed by atoms with E-state index in [0.717, 1.165) is 6.42 Å². The van der Waals surface area contributed by atoms with Gasteiger partial charge < -0.3 is 0 Å². The smallest absolute Gasteiger partial charge is 0.0376 e. The van der Waals surface area contributed by atoms with E-state index in [9.17, 15) is 0 Å². The van der Waals surface area contributed by atoms with Crippen LogP contribution in [-0.2, 0) is 0 Å². The average molecular weight is 346 g/mol. The maximum absolute atomic E-state index is 3.89. The summed E-state index contributed by atoms with van der Waals surface area (Å²) in [7, 11) is 0. The maximum Gasteiger partial charge on any atom is -0.0376 e. The van der Waals surface area contributed by atoms with Crippen LogP contribution in [0.1, 0.15) is 20.3 Å². The van der Waals surface area contributed by atoms with Gasteiger partial charge in [-0.3, -0.25) is 0 Å². The van der Waals surface area contributed by atoms with Gasteiger partial charge in [0.05, 0.1) is 0 Å². The van der Waals surface area contributed by atoms with Gasteiger partial charge in [0, 0.05) is 0 Å². The van der Waals surface area contributed by atoms with Crippen LogP contribution in [0.15, 0.2) is 91.0 Å². The second-order valence-corrected chi connectivity index (χ2v) is 8.90. The summed E-state index contributed by atoms with van der Waals surface area (Å²) in [6.07, 6.45) is 12.8. The fraction of sp³-hybridized carbons (Fsp3) is 0.200. The van der Waals surface area contributed by atoms with Crippen LogP contribution >= 0.6 is 0 Å². The van der Waals surface area contributed by atoms with E-state index in [1.165, 1.54) is 14.3 Å². The zero-order valence-corrected chi connectivity index (χ0v) is 15.0. The van der Waals surface area contributed by atoms with Crippen molar-refractivity contribution in [2.75, 3.05) is 0 Å². The van der Waals surface area contributed by atoms with Gasteiger partial charge in [-0.25, -0.2) is 0 Å². The van der Waals surface area contributed by atoms with Gasteiger partial charge in [0.15, 0.2) is 0 Å². The predicted molar refractivity (Wildman–Crippen MR) is 100 cm³/mol. The molecule has 0 saturated heterocycles. The van der Waals surface area contributed by atoms with Crippen LogP contribution in [-0.4, -0.2) is 13.9 Å². The molecule has 21 heavy (non-hydrogen) atoms. The Morgan fingerprint density at radius 1 is 1.05 bits per heavy atom. The Morgan fingerprint density at radius 2 is 1.71 bits per heavy atom. The molecule has 1 radical (unpaired) electrons. The van der Waals surface area contributed by atoms with Gasteiger partial charge in [0.1, 0.15) is 0 Å². The Hall–Kier alpha value is -1.56. The molecule has 0 N–H and O–H groups in total. The Morgan fingerprint density at radius 3 is 2.10 bits per heavy atom. The Balaban J connectivity index is 0.000000567. The Kier molecular flexibility index (Phi) is 12.4. The van der Waals surface area contributed by atoms with Crippen molar-refractivity contribution in [2.24, 2.45) is 0 Å². The summed E-state index contributed by atoms with van der Waals surface area (Å²) in [5.41, 5.74) is 0. The molecule has 0 fully saturated rings. The first-order chi connectivity index (χ1) is 10.2. The van der Waals surface area contributed by atoms with Gasteiger partial charge in [-0.2, -0.15) is 0 Å². The zero-order valence-electron chi connectivity index (χ0n) is 13.3. The van der Waals surface area contributed by atoms with Gasteiger partial charge in [0.25, 0.3) is 0 Å². The molecule has 0 aliphatic rings. The molecular formula is C20H27Se. The molecule has 0 atom stereocenters. The monoisotopic (exact) mass is 347 g/mol.